The zero-order valence-corrected chi connectivity index (χ0v) is 9.47. The van der Waals surface area contributed by atoms with E-state index in [-0.39, 0.29) is 22.2 Å². The number of nitrogens with one attached hydrogen (secondary N) is 1. The smallest absolute Gasteiger partial charge is 0.273 e. The largest absolute Gasteiger partial charge is 0.299 e. The maximum Gasteiger partial charge on any atom is 0.273 e. The van der Waals surface area contributed by atoms with Crippen LogP contribution in [0.3, 0.4) is 0 Å². The number of hydrogen-bond acceptors (Lipinski definition) is 6. The Hall–Kier alpha value is -2.07. The third kappa shape index (κ3) is 2.07. The van der Waals surface area contributed by atoms with Crippen LogP contribution in [0.5, 0.6) is 0 Å². The van der Waals surface area contributed by atoms with E-state index in [2.05, 4.69) is 20.4 Å². The van der Waals surface area contributed by atoms with Crippen LogP contribution in [0, 0.1) is 0 Å². The van der Waals surface area contributed by atoms with Gasteiger partial charge in [-0.2, -0.15) is 5.10 Å². The van der Waals surface area contributed by atoms with Crippen LogP contribution in [0.4, 0.5) is 0 Å². The summed E-state index contributed by atoms with van der Waals surface area (Å²) in [5.41, 5.74) is -0.0860. The standard InChI is InChI=1S/C7H8N6O3S/c1-13-6(4-2-3-5(14)10-9-4)11-12-7(13)17(8,15)16/h2-3H,1H3,(H,10,14)(H2,8,15,16). The quantitative estimate of drug-likeness (QED) is 0.651. The van der Waals surface area contributed by atoms with Crippen molar-refractivity contribution in [2.45, 2.75) is 5.16 Å². The second-order valence-corrected chi connectivity index (χ2v) is 4.67. The summed E-state index contributed by atoms with van der Waals surface area (Å²) in [6.07, 6.45) is 0. The van der Waals surface area contributed by atoms with Gasteiger partial charge in [0.15, 0.2) is 5.82 Å². The Morgan fingerprint density at radius 2 is 2.06 bits per heavy atom. The van der Waals surface area contributed by atoms with Gasteiger partial charge in [-0.25, -0.2) is 18.7 Å². The van der Waals surface area contributed by atoms with Gasteiger partial charge in [-0.3, -0.25) is 9.36 Å². The molecule has 0 radical (unpaired) electrons. The van der Waals surface area contributed by atoms with Gasteiger partial charge in [0.1, 0.15) is 5.69 Å². The Morgan fingerprint density at radius 3 is 2.53 bits per heavy atom. The summed E-state index contributed by atoms with van der Waals surface area (Å²) in [5.74, 6) is 0.185. The maximum atomic E-state index is 11.1. The Morgan fingerprint density at radius 1 is 1.35 bits per heavy atom. The van der Waals surface area contributed by atoms with Crippen LogP contribution in [0.1, 0.15) is 0 Å². The van der Waals surface area contributed by atoms with Gasteiger partial charge in [0, 0.05) is 13.1 Å². The molecule has 0 saturated carbocycles. The van der Waals surface area contributed by atoms with Gasteiger partial charge in [-0.15, -0.1) is 10.2 Å². The van der Waals surface area contributed by atoms with E-state index >= 15 is 0 Å². The molecule has 17 heavy (non-hydrogen) atoms. The van der Waals surface area contributed by atoms with Gasteiger partial charge in [0.25, 0.3) is 20.7 Å². The Kier molecular flexibility index (Phi) is 2.52. The van der Waals surface area contributed by atoms with Crippen molar-refractivity contribution in [1.82, 2.24) is 25.0 Å². The van der Waals surface area contributed by atoms with Gasteiger partial charge < -0.3 is 0 Å². The molecule has 2 rings (SSSR count). The lowest BCUT2D eigenvalue weighted by Crippen LogP contribution is -2.17. The summed E-state index contributed by atoms with van der Waals surface area (Å²) < 4.78 is 23.4. The first-order valence-corrected chi connectivity index (χ1v) is 5.92. The second-order valence-electron chi connectivity index (χ2n) is 3.22. The van der Waals surface area contributed by atoms with Crippen molar-refractivity contribution in [3.8, 4) is 11.5 Å². The van der Waals surface area contributed by atoms with Gasteiger partial charge in [-0.05, 0) is 6.07 Å². The molecule has 2 heterocycles. The SMILES string of the molecule is Cn1c(-c2ccc(=O)[nH]n2)nnc1S(N)(=O)=O. The van der Waals surface area contributed by atoms with Crippen molar-refractivity contribution in [3.63, 3.8) is 0 Å². The van der Waals surface area contributed by atoms with Crippen molar-refractivity contribution in [2.75, 3.05) is 0 Å². The van der Waals surface area contributed by atoms with E-state index in [4.69, 9.17) is 5.14 Å². The highest BCUT2D eigenvalue weighted by atomic mass is 32.2. The number of sulfonamides is 1. The average molecular weight is 256 g/mol. The predicted molar refractivity (Wildman–Crippen MR) is 56.2 cm³/mol. The van der Waals surface area contributed by atoms with Gasteiger partial charge in [0.05, 0.1) is 0 Å². The number of aromatic nitrogens is 5. The molecule has 0 atom stereocenters. The first-order chi connectivity index (χ1) is 7.89. The molecule has 9 nitrogen and oxygen atoms in total. The molecule has 2 aromatic rings. The highest BCUT2D eigenvalue weighted by Crippen LogP contribution is 2.14. The number of rotatable bonds is 2. The van der Waals surface area contributed by atoms with Crippen molar-refractivity contribution in [1.29, 1.82) is 0 Å². The molecular weight excluding hydrogens is 248 g/mol. The molecule has 3 N–H and O–H groups in total. The highest BCUT2D eigenvalue weighted by Gasteiger charge is 2.19. The number of nitrogens with two attached hydrogens (primary N) is 1. The minimum Gasteiger partial charge on any atom is -0.299 e. The Balaban J connectivity index is 2.59. The Labute approximate surface area is 95.4 Å². The molecule has 10 heteroatoms. The normalized spacial score (nSPS) is 11.6. The molecule has 0 aromatic carbocycles. The zero-order chi connectivity index (χ0) is 12.6. The molecule has 0 spiro atoms. The lowest BCUT2D eigenvalue weighted by atomic mass is 10.4. The molecule has 0 saturated heterocycles. The van der Waals surface area contributed by atoms with Gasteiger partial charge >= 0.3 is 0 Å². The lowest BCUT2D eigenvalue weighted by Gasteiger charge is -2.00. The summed E-state index contributed by atoms with van der Waals surface area (Å²) in [5, 5.41) is 17.6. The first-order valence-electron chi connectivity index (χ1n) is 4.38. The first kappa shape index (κ1) is 11.4. The average Bonchev–Trinajstić information content (AvgIpc) is 2.61. The second kappa shape index (κ2) is 3.75. The molecule has 0 amide bonds. The molecule has 0 unspecified atom stereocenters. The van der Waals surface area contributed by atoms with E-state index in [9.17, 15) is 13.2 Å². The van der Waals surface area contributed by atoms with Crippen molar-refractivity contribution >= 4 is 10.0 Å². The monoisotopic (exact) mass is 256 g/mol. The fourth-order valence-corrected chi connectivity index (χ4v) is 1.88. The molecule has 2 aromatic heterocycles. The number of hydrogen-bond donors (Lipinski definition) is 2. The molecule has 0 aliphatic carbocycles. The number of H-pyrrole nitrogens is 1. The topological polar surface area (TPSA) is 137 Å². The summed E-state index contributed by atoms with van der Waals surface area (Å²) >= 11 is 0. The fourth-order valence-electron chi connectivity index (χ4n) is 1.25. The van der Waals surface area contributed by atoms with Crippen LogP contribution in [0.15, 0.2) is 22.1 Å². The van der Waals surface area contributed by atoms with Crippen molar-refractivity contribution in [3.05, 3.63) is 22.5 Å². The van der Waals surface area contributed by atoms with E-state index < -0.39 is 10.0 Å². The summed E-state index contributed by atoms with van der Waals surface area (Å²) in [6.45, 7) is 0. The van der Waals surface area contributed by atoms with E-state index in [0.29, 0.717) is 0 Å². The van der Waals surface area contributed by atoms with Crippen LogP contribution in [-0.4, -0.2) is 33.4 Å². The van der Waals surface area contributed by atoms with Crippen LogP contribution in [0.2, 0.25) is 0 Å². The lowest BCUT2D eigenvalue weighted by molar-refractivity contribution is 0.580. The summed E-state index contributed by atoms with van der Waals surface area (Å²) in [4.78, 5) is 10.8. The van der Waals surface area contributed by atoms with E-state index in [1.807, 2.05) is 0 Å². The number of nitrogens with zero attached hydrogens (tertiary/aromatic N) is 4. The minimum absolute atomic E-state index is 0.185. The van der Waals surface area contributed by atoms with Crippen LogP contribution >= 0.6 is 0 Å². The van der Waals surface area contributed by atoms with Crippen LogP contribution < -0.4 is 10.7 Å². The van der Waals surface area contributed by atoms with E-state index in [1.54, 1.807) is 0 Å². The molecular formula is C7H8N6O3S. The van der Waals surface area contributed by atoms with Gasteiger partial charge in [-0.1, -0.05) is 0 Å². The van der Waals surface area contributed by atoms with Crippen LogP contribution in [-0.2, 0) is 17.1 Å². The maximum absolute atomic E-state index is 11.1. The predicted octanol–water partition coefficient (Wildman–Crippen LogP) is -1.79. The zero-order valence-electron chi connectivity index (χ0n) is 8.65. The molecule has 0 fully saturated rings. The van der Waals surface area contributed by atoms with E-state index in [1.165, 1.54) is 23.7 Å². The summed E-state index contributed by atoms with van der Waals surface area (Å²) in [6, 6.07) is 2.64. The highest BCUT2D eigenvalue weighted by molar-refractivity contribution is 7.89. The molecule has 90 valence electrons. The molecule has 0 bridgehead atoms. The van der Waals surface area contributed by atoms with Crippen LogP contribution in [0.25, 0.3) is 11.5 Å². The summed E-state index contributed by atoms with van der Waals surface area (Å²) in [7, 11) is -2.51. The number of aromatic amines is 1. The fraction of sp³-hybridized carbons (Fsp3) is 0.143. The minimum atomic E-state index is -3.94. The third-order valence-electron chi connectivity index (χ3n) is 2.00. The number of primary sulfonamides is 1. The molecule has 0 aliphatic rings. The van der Waals surface area contributed by atoms with E-state index in [0.717, 1.165) is 0 Å². The van der Waals surface area contributed by atoms with Crippen molar-refractivity contribution < 1.29 is 8.42 Å². The van der Waals surface area contributed by atoms with Crippen molar-refractivity contribution in [2.24, 2.45) is 12.2 Å². The van der Waals surface area contributed by atoms with Gasteiger partial charge in [0.2, 0.25) is 0 Å². The third-order valence-corrected chi connectivity index (χ3v) is 2.86. The molecule has 0 aliphatic heterocycles. The Bertz CT molecular complexity index is 695.